The Hall–Kier alpha value is 0.960. The monoisotopic (exact) mass is 421 g/mol. The van der Waals surface area contributed by atoms with Gasteiger partial charge in [0.25, 0.3) is 0 Å². The van der Waals surface area contributed by atoms with Gasteiger partial charge in [-0.1, -0.05) is 58.3 Å². The molecule has 0 saturated carbocycles. The van der Waals surface area contributed by atoms with E-state index in [-0.39, 0.29) is 110 Å². The Balaban J connectivity index is -0.000000260. The molecule has 146 valence electrons. The minimum atomic E-state index is -1.23. The van der Waals surface area contributed by atoms with Crippen LogP contribution >= 0.6 is 0 Å². The molecule has 5 nitrogen and oxygen atoms in total. The molecule has 0 fully saturated rings. The third-order valence-corrected chi connectivity index (χ3v) is 4.38. The summed E-state index contributed by atoms with van der Waals surface area (Å²) in [5, 5.41) is 21.5. The fraction of sp³-hybridized carbons (Fsp3) is 0.600. The van der Waals surface area contributed by atoms with Crippen LogP contribution in [0.15, 0.2) is 18.2 Å². The van der Waals surface area contributed by atoms with E-state index >= 15 is 0 Å². The van der Waals surface area contributed by atoms with E-state index in [1.54, 1.807) is 6.07 Å². The number of benzene rings is 1. The molecule has 0 aliphatic heterocycles. The van der Waals surface area contributed by atoms with Gasteiger partial charge in [-0.15, -0.1) is 0 Å². The van der Waals surface area contributed by atoms with Gasteiger partial charge >= 0.3 is 101 Å². The van der Waals surface area contributed by atoms with Crippen LogP contribution in [0.25, 0.3) is 0 Å². The number of hydrogen-bond donors (Lipinski definition) is 3. The smallest absolute Gasteiger partial charge is 1.00 e. The van der Waals surface area contributed by atoms with Crippen molar-refractivity contribution in [3.8, 4) is 0 Å². The number of hydrogen-bond acceptors (Lipinski definition) is 3. The number of carbonyl (C=O) groups is 2. The van der Waals surface area contributed by atoms with Crippen molar-refractivity contribution in [2.75, 3.05) is 5.32 Å². The molecule has 1 aromatic rings. The van der Waals surface area contributed by atoms with Gasteiger partial charge in [-0.25, -0.2) is 9.59 Å². The van der Waals surface area contributed by atoms with Crippen LogP contribution in [0.3, 0.4) is 0 Å². The first-order chi connectivity index (χ1) is 12.0. The number of carboxylic acid groups (broad SMARTS) is 2. The molecule has 28 heavy (non-hydrogen) atoms. The zero-order chi connectivity index (χ0) is 18.7. The summed E-state index contributed by atoms with van der Waals surface area (Å²) in [6.07, 6.45) is 11.2. The van der Waals surface area contributed by atoms with E-state index in [0.717, 1.165) is 12.8 Å². The first kappa shape index (κ1) is 33.6. The quantitative estimate of drug-likeness (QED) is 0.230. The summed E-state index contributed by atoms with van der Waals surface area (Å²) >= 11 is 0. The zero-order valence-corrected chi connectivity index (χ0v) is 24.4. The third kappa shape index (κ3) is 14.1. The standard InChI is InChI=1S/C20H31NO4.3Na.3H/c1-3-4-5-6-7-8-9-10-11-15(2)21-16-12-13-17(19(22)23)18(14-16)20(24)25;;;;;;/h12-15,21H,3-11H2,1-2H3,(H,22,23)(H,24,25);;;;;;/q;3*+1;3*-1. The molecule has 0 aliphatic carbocycles. The number of aromatic carboxylic acids is 2. The van der Waals surface area contributed by atoms with Crippen LogP contribution in [-0.4, -0.2) is 28.2 Å². The predicted octanol–water partition coefficient (Wildman–Crippen LogP) is -3.24. The Morgan fingerprint density at radius 1 is 0.893 bits per heavy atom. The average molecular weight is 421 g/mol. The second-order valence-corrected chi connectivity index (χ2v) is 6.68. The Bertz CT molecular complexity index is 585. The summed E-state index contributed by atoms with van der Waals surface area (Å²) in [7, 11) is 0. The minimum Gasteiger partial charge on any atom is -1.00 e. The fourth-order valence-electron chi connectivity index (χ4n) is 2.94. The Kier molecular flexibility index (Phi) is 23.9. The normalized spacial score (nSPS) is 10.6. The van der Waals surface area contributed by atoms with Crippen molar-refractivity contribution in [1.29, 1.82) is 0 Å². The second-order valence-electron chi connectivity index (χ2n) is 6.68. The summed E-state index contributed by atoms with van der Waals surface area (Å²) in [5.74, 6) is -2.45. The van der Waals surface area contributed by atoms with Crippen molar-refractivity contribution in [2.45, 2.75) is 77.7 Å². The molecule has 0 spiro atoms. The van der Waals surface area contributed by atoms with Crippen LogP contribution < -0.4 is 94.0 Å². The molecular formula is C20H34NNa3O4. The van der Waals surface area contributed by atoms with Crippen LogP contribution in [0.5, 0.6) is 0 Å². The molecular weight excluding hydrogens is 387 g/mol. The Labute approximate surface area is 240 Å². The van der Waals surface area contributed by atoms with Crippen molar-refractivity contribution < 1.29 is 113 Å². The SMILES string of the molecule is CCCCCCCCCCC(C)Nc1ccc(C(=O)O)c(C(=O)O)c1.[H-].[H-].[H-].[Na+].[Na+].[Na+]. The fourth-order valence-corrected chi connectivity index (χ4v) is 2.94. The molecule has 1 aromatic carbocycles. The Morgan fingerprint density at radius 3 is 1.89 bits per heavy atom. The molecule has 3 N–H and O–H groups in total. The summed E-state index contributed by atoms with van der Waals surface area (Å²) < 4.78 is 0. The first-order valence-electron chi connectivity index (χ1n) is 9.32. The van der Waals surface area contributed by atoms with E-state index in [9.17, 15) is 9.59 Å². The molecule has 0 bridgehead atoms. The van der Waals surface area contributed by atoms with Gasteiger partial charge in [0.1, 0.15) is 0 Å². The Morgan fingerprint density at radius 2 is 1.39 bits per heavy atom. The van der Waals surface area contributed by atoms with Crippen molar-refractivity contribution in [2.24, 2.45) is 0 Å². The van der Waals surface area contributed by atoms with Crippen LogP contribution in [0.4, 0.5) is 5.69 Å². The molecule has 0 amide bonds. The van der Waals surface area contributed by atoms with E-state index in [2.05, 4.69) is 19.2 Å². The van der Waals surface area contributed by atoms with Gasteiger partial charge in [0, 0.05) is 11.7 Å². The predicted molar refractivity (Wildman–Crippen MR) is 104 cm³/mol. The van der Waals surface area contributed by atoms with E-state index in [1.807, 2.05) is 0 Å². The molecule has 0 aromatic heterocycles. The van der Waals surface area contributed by atoms with Gasteiger partial charge in [-0.05, 0) is 31.5 Å². The molecule has 0 heterocycles. The van der Waals surface area contributed by atoms with Crippen LogP contribution in [0.1, 0.15) is 96.6 Å². The van der Waals surface area contributed by atoms with E-state index in [4.69, 9.17) is 10.2 Å². The molecule has 1 atom stereocenters. The third-order valence-electron chi connectivity index (χ3n) is 4.38. The maximum absolute atomic E-state index is 11.2. The first-order valence-corrected chi connectivity index (χ1v) is 9.32. The largest absolute Gasteiger partial charge is 1.00 e. The van der Waals surface area contributed by atoms with Crippen molar-refractivity contribution in [3.05, 3.63) is 29.3 Å². The van der Waals surface area contributed by atoms with E-state index in [1.165, 1.54) is 57.1 Å². The van der Waals surface area contributed by atoms with E-state index < -0.39 is 11.9 Å². The van der Waals surface area contributed by atoms with Crippen LogP contribution in [-0.2, 0) is 0 Å². The summed E-state index contributed by atoms with van der Waals surface area (Å²) in [6, 6.07) is 4.59. The van der Waals surface area contributed by atoms with Crippen molar-refractivity contribution in [1.82, 2.24) is 0 Å². The van der Waals surface area contributed by atoms with Crippen LogP contribution in [0.2, 0.25) is 0 Å². The van der Waals surface area contributed by atoms with Gasteiger partial charge in [0.15, 0.2) is 0 Å². The molecule has 1 rings (SSSR count). The maximum atomic E-state index is 11.2. The number of unbranched alkanes of at least 4 members (excludes halogenated alkanes) is 7. The molecule has 8 heteroatoms. The van der Waals surface area contributed by atoms with Crippen LogP contribution in [0, 0.1) is 0 Å². The summed E-state index contributed by atoms with van der Waals surface area (Å²) in [6.45, 7) is 4.29. The zero-order valence-electron chi connectivity index (χ0n) is 21.4. The summed E-state index contributed by atoms with van der Waals surface area (Å²) in [4.78, 5) is 22.3. The second kappa shape index (κ2) is 19.9. The minimum absolute atomic E-state index is 0. The van der Waals surface area contributed by atoms with Crippen molar-refractivity contribution in [3.63, 3.8) is 0 Å². The molecule has 0 aliphatic rings. The number of rotatable bonds is 13. The topological polar surface area (TPSA) is 86.6 Å². The number of carboxylic acids is 2. The van der Waals surface area contributed by atoms with Gasteiger partial charge < -0.3 is 19.8 Å². The van der Waals surface area contributed by atoms with Gasteiger partial charge in [-0.3, -0.25) is 0 Å². The summed E-state index contributed by atoms with van der Waals surface area (Å²) in [5.41, 5.74) is 0.278. The molecule has 1 unspecified atom stereocenters. The van der Waals surface area contributed by atoms with Gasteiger partial charge in [0.2, 0.25) is 0 Å². The van der Waals surface area contributed by atoms with Crippen molar-refractivity contribution >= 4 is 17.6 Å². The molecule has 0 radical (unpaired) electrons. The van der Waals surface area contributed by atoms with Gasteiger partial charge in [0.05, 0.1) is 11.1 Å². The maximum Gasteiger partial charge on any atom is 1.00 e. The average Bonchev–Trinajstić information content (AvgIpc) is 2.57. The van der Waals surface area contributed by atoms with E-state index in [0.29, 0.717) is 5.69 Å². The molecule has 0 saturated heterocycles. The van der Waals surface area contributed by atoms with Gasteiger partial charge in [-0.2, -0.15) is 0 Å². The number of nitrogens with one attached hydrogen (secondary N) is 1. The number of anilines is 1.